The Kier molecular flexibility index (Phi) is 2.68. The summed E-state index contributed by atoms with van der Waals surface area (Å²) in [6.45, 7) is 0. The molecule has 2 N–H and O–H groups in total. The number of hydrogen-bond donors (Lipinski definition) is 1. The van der Waals surface area contributed by atoms with E-state index in [9.17, 15) is 4.79 Å². The van der Waals surface area contributed by atoms with Crippen LogP contribution in [0.25, 0.3) is 22.3 Å². The SMILES string of the molecule is NC(=O)c1cc2ccccc2nc1-c1ccccn1. The van der Waals surface area contributed by atoms with Gasteiger partial charge in [-0.2, -0.15) is 0 Å². The molecule has 0 fully saturated rings. The van der Waals surface area contributed by atoms with Gasteiger partial charge in [0.1, 0.15) is 5.69 Å². The molecule has 0 atom stereocenters. The lowest BCUT2D eigenvalue weighted by atomic mass is 10.1. The molecule has 1 aromatic carbocycles. The van der Waals surface area contributed by atoms with E-state index in [1.807, 2.05) is 42.5 Å². The summed E-state index contributed by atoms with van der Waals surface area (Å²) in [4.78, 5) is 20.3. The van der Waals surface area contributed by atoms with Gasteiger partial charge in [-0.05, 0) is 24.3 Å². The fourth-order valence-corrected chi connectivity index (χ4v) is 2.00. The van der Waals surface area contributed by atoms with Gasteiger partial charge in [-0.3, -0.25) is 9.78 Å². The first-order valence-corrected chi connectivity index (χ1v) is 5.87. The van der Waals surface area contributed by atoms with Gasteiger partial charge >= 0.3 is 0 Å². The Labute approximate surface area is 109 Å². The third-order valence-electron chi connectivity index (χ3n) is 2.90. The van der Waals surface area contributed by atoms with Crippen molar-refractivity contribution < 1.29 is 4.79 Å². The summed E-state index contributed by atoms with van der Waals surface area (Å²) < 4.78 is 0. The summed E-state index contributed by atoms with van der Waals surface area (Å²) in [6, 6.07) is 14.8. The third kappa shape index (κ3) is 2.04. The van der Waals surface area contributed by atoms with Crippen molar-refractivity contribution in [3.8, 4) is 11.4 Å². The molecule has 0 radical (unpaired) electrons. The van der Waals surface area contributed by atoms with Crippen molar-refractivity contribution in [1.29, 1.82) is 0 Å². The second-order valence-electron chi connectivity index (χ2n) is 4.16. The molecule has 3 rings (SSSR count). The number of primary amides is 1. The summed E-state index contributed by atoms with van der Waals surface area (Å²) >= 11 is 0. The van der Waals surface area contributed by atoms with Crippen LogP contribution < -0.4 is 5.73 Å². The number of hydrogen-bond acceptors (Lipinski definition) is 3. The Hall–Kier alpha value is -2.75. The van der Waals surface area contributed by atoms with Crippen molar-refractivity contribution in [3.05, 3.63) is 60.3 Å². The van der Waals surface area contributed by atoms with E-state index in [1.165, 1.54) is 0 Å². The van der Waals surface area contributed by atoms with Crippen LogP contribution in [0.15, 0.2) is 54.7 Å². The van der Waals surface area contributed by atoms with Crippen LogP contribution in [0.5, 0.6) is 0 Å². The molecule has 3 aromatic rings. The van der Waals surface area contributed by atoms with Crippen molar-refractivity contribution in [3.63, 3.8) is 0 Å². The van der Waals surface area contributed by atoms with E-state index in [1.54, 1.807) is 12.3 Å². The number of para-hydroxylation sites is 1. The van der Waals surface area contributed by atoms with Gasteiger partial charge in [-0.1, -0.05) is 24.3 Å². The first-order valence-electron chi connectivity index (χ1n) is 5.87. The predicted octanol–water partition coefficient (Wildman–Crippen LogP) is 2.40. The smallest absolute Gasteiger partial charge is 0.250 e. The van der Waals surface area contributed by atoms with E-state index in [0.717, 1.165) is 10.9 Å². The molecule has 1 amide bonds. The Morgan fingerprint density at radius 3 is 2.58 bits per heavy atom. The average molecular weight is 249 g/mol. The number of pyridine rings is 2. The summed E-state index contributed by atoms with van der Waals surface area (Å²) in [6.07, 6.45) is 1.66. The van der Waals surface area contributed by atoms with Gasteiger partial charge < -0.3 is 5.73 Å². The van der Waals surface area contributed by atoms with E-state index < -0.39 is 5.91 Å². The van der Waals surface area contributed by atoms with E-state index in [2.05, 4.69) is 9.97 Å². The number of rotatable bonds is 2. The van der Waals surface area contributed by atoms with E-state index in [0.29, 0.717) is 17.0 Å². The molecule has 0 unspecified atom stereocenters. The maximum atomic E-state index is 11.6. The van der Waals surface area contributed by atoms with Crippen LogP contribution in [0.3, 0.4) is 0 Å². The highest BCUT2D eigenvalue weighted by atomic mass is 16.1. The maximum absolute atomic E-state index is 11.6. The number of nitrogens with two attached hydrogens (primary N) is 1. The minimum absolute atomic E-state index is 0.386. The first-order chi connectivity index (χ1) is 9.25. The molecule has 92 valence electrons. The number of benzene rings is 1. The first kappa shape index (κ1) is 11.3. The lowest BCUT2D eigenvalue weighted by Gasteiger charge is -2.07. The van der Waals surface area contributed by atoms with Gasteiger partial charge in [0.05, 0.1) is 16.8 Å². The molecule has 2 heterocycles. The largest absolute Gasteiger partial charge is 0.366 e. The van der Waals surface area contributed by atoms with Crippen LogP contribution in [0, 0.1) is 0 Å². The molecule has 2 aromatic heterocycles. The highest BCUT2D eigenvalue weighted by molar-refractivity contribution is 6.02. The van der Waals surface area contributed by atoms with Crippen LogP contribution in [-0.2, 0) is 0 Å². The predicted molar refractivity (Wildman–Crippen MR) is 73.5 cm³/mol. The average Bonchev–Trinajstić information content (AvgIpc) is 2.46. The Morgan fingerprint density at radius 1 is 1.05 bits per heavy atom. The normalized spacial score (nSPS) is 10.5. The zero-order valence-electron chi connectivity index (χ0n) is 10.1. The number of carbonyl (C=O) groups is 1. The van der Waals surface area contributed by atoms with Gasteiger partial charge in [-0.25, -0.2) is 4.98 Å². The fourth-order valence-electron chi connectivity index (χ4n) is 2.00. The van der Waals surface area contributed by atoms with Crippen molar-refractivity contribution >= 4 is 16.8 Å². The van der Waals surface area contributed by atoms with Gasteiger partial charge in [0.2, 0.25) is 0 Å². The number of carbonyl (C=O) groups excluding carboxylic acids is 1. The molecule has 0 saturated carbocycles. The van der Waals surface area contributed by atoms with Crippen molar-refractivity contribution in [2.24, 2.45) is 5.73 Å². The maximum Gasteiger partial charge on any atom is 0.250 e. The van der Waals surface area contributed by atoms with Gasteiger partial charge in [0.15, 0.2) is 0 Å². The van der Waals surface area contributed by atoms with Crippen LogP contribution in [-0.4, -0.2) is 15.9 Å². The van der Waals surface area contributed by atoms with E-state index in [-0.39, 0.29) is 0 Å². The Morgan fingerprint density at radius 2 is 1.84 bits per heavy atom. The topological polar surface area (TPSA) is 68.9 Å². The second-order valence-corrected chi connectivity index (χ2v) is 4.16. The zero-order valence-corrected chi connectivity index (χ0v) is 10.1. The molecular formula is C15H11N3O. The molecule has 0 spiro atoms. The Bertz CT molecular complexity index is 754. The number of nitrogens with zero attached hydrogens (tertiary/aromatic N) is 2. The number of amides is 1. The molecule has 0 bridgehead atoms. The number of aromatic nitrogens is 2. The zero-order chi connectivity index (χ0) is 13.2. The minimum Gasteiger partial charge on any atom is -0.366 e. The second kappa shape index (κ2) is 4.49. The lowest BCUT2D eigenvalue weighted by Crippen LogP contribution is -2.13. The third-order valence-corrected chi connectivity index (χ3v) is 2.90. The van der Waals surface area contributed by atoms with Crippen LogP contribution >= 0.6 is 0 Å². The molecule has 0 saturated heterocycles. The van der Waals surface area contributed by atoms with Crippen molar-refractivity contribution in [2.45, 2.75) is 0 Å². The Balaban J connectivity index is 2.33. The molecule has 0 aliphatic heterocycles. The van der Waals surface area contributed by atoms with Crippen LogP contribution in [0.4, 0.5) is 0 Å². The monoisotopic (exact) mass is 249 g/mol. The van der Waals surface area contributed by atoms with Gasteiger partial charge in [0, 0.05) is 11.6 Å². The van der Waals surface area contributed by atoms with Crippen molar-refractivity contribution in [1.82, 2.24) is 9.97 Å². The molecule has 0 aliphatic rings. The molecular weight excluding hydrogens is 238 g/mol. The van der Waals surface area contributed by atoms with Crippen LogP contribution in [0.1, 0.15) is 10.4 Å². The van der Waals surface area contributed by atoms with Crippen molar-refractivity contribution in [2.75, 3.05) is 0 Å². The lowest BCUT2D eigenvalue weighted by molar-refractivity contribution is 0.100. The highest BCUT2D eigenvalue weighted by Gasteiger charge is 2.13. The fraction of sp³-hybridized carbons (Fsp3) is 0. The molecule has 19 heavy (non-hydrogen) atoms. The summed E-state index contributed by atoms with van der Waals surface area (Å²) in [5.74, 6) is -0.501. The highest BCUT2D eigenvalue weighted by Crippen LogP contribution is 2.23. The van der Waals surface area contributed by atoms with Gasteiger partial charge in [0.25, 0.3) is 5.91 Å². The molecule has 4 nitrogen and oxygen atoms in total. The number of fused-ring (bicyclic) bond motifs is 1. The van der Waals surface area contributed by atoms with E-state index >= 15 is 0 Å². The summed E-state index contributed by atoms with van der Waals surface area (Å²) in [7, 11) is 0. The van der Waals surface area contributed by atoms with E-state index in [4.69, 9.17) is 5.73 Å². The van der Waals surface area contributed by atoms with Crippen LogP contribution in [0.2, 0.25) is 0 Å². The standard InChI is InChI=1S/C15H11N3O/c16-15(19)11-9-10-5-1-2-6-12(10)18-14(11)13-7-3-4-8-17-13/h1-9H,(H2,16,19). The summed E-state index contributed by atoms with van der Waals surface area (Å²) in [5, 5.41) is 0.885. The molecule has 4 heteroatoms. The summed E-state index contributed by atoms with van der Waals surface area (Å²) in [5.41, 5.74) is 7.80. The quantitative estimate of drug-likeness (QED) is 0.758. The minimum atomic E-state index is -0.501. The van der Waals surface area contributed by atoms with Gasteiger partial charge in [-0.15, -0.1) is 0 Å². The molecule has 0 aliphatic carbocycles.